The van der Waals surface area contributed by atoms with Crippen LogP contribution in [-0.2, 0) is 23.9 Å². The van der Waals surface area contributed by atoms with Crippen molar-refractivity contribution in [1.29, 1.82) is 0 Å². The Balaban J connectivity index is 4.55. The number of hydrogen-bond donors (Lipinski definition) is 3. The van der Waals surface area contributed by atoms with E-state index in [-0.39, 0.29) is 12.8 Å². The van der Waals surface area contributed by atoms with Crippen LogP contribution in [0.25, 0.3) is 0 Å². The molecule has 0 aromatic heterocycles. The zero-order valence-corrected chi connectivity index (χ0v) is 18.5. The van der Waals surface area contributed by atoms with Gasteiger partial charge in [-0.1, -0.05) is 65.2 Å². The standard InChI is InChI=1S/C22H40O8/c1-3-5-7-9-11-13-19(26)29-16-18(25)22(21(28)17(24)15-23)30-20(27)14-12-10-8-6-4-2/h17,21-24,28H,3-16H2,1-2H3/t17-,21+,22+/m1/s1. The van der Waals surface area contributed by atoms with Crippen molar-refractivity contribution in [3.63, 3.8) is 0 Å². The summed E-state index contributed by atoms with van der Waals surface area (Å²) in [5.74, 6) is -2.07. The largest absolute Gasteiger partial charge is 0.457 e. The lowest BCUT2D eigenvalue weighted by molar-refractivity contribution is -0.171. The molecule has 0 saturated carbocycles. The van der Waals surface area contributed by atoms with Crippen LogP contribution in [0.2, 0.25) is 0 Å². The normalized spacial score (nSPS) is 14.0. The number of Topliss-reactive ketones (excluding diaryl/α,β-unsaturated/α-hetero) is 1. The van der Waals surface area contributed by atoms with Gasteiger partial charge in [0.25, 0.3) is 0 Å². The Bertz CT molecular complexity index is 480. The van der Waals surface area contributed by atoms with E-state index in [2.05, 4.69) is 13.8 Å². The summed E-state index contributed by atoms with van der Waals surface area (Å²) in [6, 6.07) is 0. The lowest BCUT2D eigenvalue weighted by atomic mass is 10.0. The maximum atomic E-state index is 12.4. The van der Waals surface area contributed by atoms with E-state index in [1.54, 1.807) is 0 Å². The fraction of sp³-hybridized carbons (Fsp3) is 0.864. The quantitative estimate of drug-likeness (QED) is 0.210. The molecule has 0 bridgehead atoms. The molecule has 3 atom stereocenters. The lowest BCUT2D eigenvalue weighted by Crippen LogP contribution is -2.47. The molecule has 0 fully saturated rings. The summed E-state index contributed by atoms with van der Waals surface area (Å²) in [7, 11) is 0. The number of rotatable bonds is 19. The maximum absolute atomic E-state index is 12.4. The van der Waals surface area contributed by atoms with Crippen molar-refractivity contribution in [2.45, 2.75) is 109 Å². The van der Waals surface area contributed by atoms with Crippen LogP contribution in [0.5, 0.6) is 0 Å². The van der Waals surface area contributed by atoms with Crippen molar-refractivity contribution < 1.29 is 39.2 Å². The van der Waals surface area contributed by atoms with Crippen LogP contribution >= 0.6 is 0 Å². The van der Waals surface area contributed by atoms with Crippen molar-refractivity contribution >= 4 is 17.7 Å². The highest BCUT2D eigenvalue weighted by Crippen LogP contribution is 2.12. The Kier molecular flexibility index (Phi) is 17.4. The molecular weight excluding hydrogens is 392 g/mol. The predicted octanol–water partition coefficient (Wildman–Crippen LogP) is 2.45. The van der Waals surface area contributed by atoms with E-state index < -0.39 is 49.2 Å². The number of esters is 2. The first-order valence-electron chi connectivity index (χ1n) is 11.2. The van der Waals surface area contributed by atoms with E-state index in [4.69, 9.17) is 14.6 Å². The number of carbonyl (C=O) groups excluding carboxylic acids is 3. The van der Waals surface area contributed by atoms with Gasteiger partial charge in [-0.3, -0.25) is 14.4 Å². The molecular formula is C22H40O8. The van der Waals surface area contributed by atoms with Gasteiger partial charge in [0.1, 0.15) is 12.2 Å². The highest BCUT2D eigenvalue weighted by molar-refractivity contribution is 5.88. The van der Waals surface area contributed by atoms with E-state index in [9.17, 15) is 24.6 Å². The Labute approximate surface area is 179 Å². The number of unbranched alkanes of at least 4 members (excludes halogenated alkanes) is 8. The third-order valence-electron chi connectivity index (χ3n) is 4.81. The first-order valence-corrected chi connectivity index (χ1v) is 11.2. The molecule has 30 heavy (non-hydrogen) atoms. The minimum absolute atomic E-state index is 0.0764. The average Bonchev–Trinajstić information content (AvgIpc) is 2.74. The number of aliphatic hydroxyl groups excluding tert-OH is 3. The van der Waals surface area contributed by atoms with Crippen LogP contribution in [0.15, 0.2) is 0 Å². The van der Waals surface area contributed by atoms with Gasteiger partial charge in [0, 0.05) is 12.8 Å². The van der Waals surface area contributed by atoms with E-state index in [1.165, 1.54) is 0 Å². The summed E-state index contributed by atoms with van der Waals surface area (Å²) in [6.07, 6.45) is 4.45. The summed E-state index contributed by atoms with van der Waals surface area (Å²) in [5.41, 5.74) is 0. The monoisotopic (exact) mass is 432 g/mol. The van der Waals surface area contributed by atoms with Crippen LogP contribution in [-0.4, -0.2) is 64.6 Å². The number of aliphatic hydroxyl groups is 3. The van der Waals surface area contributed by atoms with E-state index >= 15 is 0 Å². The molecule has 8 nitrogen and oxygen atoms in total. The Morgan fingerprint density at radius 1 is 0.767 bits per heavy atom. The van der Waals surface area contributed by atoms with Crippen LogP contribution in [0.3, 0.4) is 0 Å². The molecule has 176 valence electrons. The molecule has 0 unspecified atom stereocenters. The first-order chi connectivity index (χ1) is 14.4. The van der Waals surface area contributed by atoms with Gasteiger partial charge >= 0.3 is 11.9 Å². The van der Waals surface area contributed by atoms with Crippen molar-refractivity contribution in [1.82, 2.24) is 0 Å². The maximum Gasteiger partial charge on any atom is 0.306 e. The minimum Gasteiger partial charge on any atom is -0.457 e. The summed E-state index contributed by atoms with van der Waals surface area (Å²) >= 11 is 0. The second kappa shape index (κ2) is 18.3. The SMILES string of the molecule is CCCCCCCC(=O)OCC(=O)[C@H](OC(=O)CCCCCCC)[C@@H](O)[C@H](O)CO. The number of ether oxygens (including phenoxy) is 2. The van der Waals surface area contributed by atoms with Crippen molar-refractivity contribution in [3.8, 4) is 0 Å². The van der Waals surface area contributed by atoms with Crippen LogP contribution in [0.1, 0.15) is 90.9 Å². The molecule has 0 aromatic rings. The van der Waals surface area contributed by atoms with Gasteiger partial charge in [0.2, 0.25) is 5.78 Å². The van der Waals surface area contributed by atoms with E-state index in [0.29, 0.717) is 12.8 Å². The number of ketones is 1. The number of carbonyl (C=O) groups is 3. The Morgan fingerprint density at radius 3 is 1.77 bits per heavy atom. The zero-order chi connectivity index (χ0) is 22.8. The molecule has 0 radical (unpaired) electrons. The minimum atomic E-state index is -1.81. The molecule has 0 aliphatic carbocycles. The molecule has 0 aromatic carbocycles. The second-order valence-electron chi connectivity index (χ2n) is 7.61. The van der Waals surface area contributed by atoms with Gasteiger partial charge in [-0.2, -0.15) is 0 Å². The zero-order valence-electron chi connectivity index (χ0n) is 18.5. The lowest BCUT2D eigenvalue weighted by Gasteiger charge is -2.24. The Hall–Kier alpha value is -1.51. The number of hydrogen-bond acceptors (Lipinski definition) is 8. The highest BCUT2D eigenvalue weighted by Gasteiger charge is 2.35. The molecule has 3 N–H and O–H groups in total. The molecule has 0 aliphatic rings. The van der Waals surface area contributed by atoms with Gasteiger partial charge in [-0.25, -0.2) is 0 Å². The predicted molar refractivity (Wildman–Crippen MR) is 112 cm³/mol. The van der Waals surface area contributed by atoms with Crippen LogP contribution in [0, 0.1) is 0 Å². The smallest absolute Gasteiger partial charge is 0.306 e. The molecule has 0 saturated heterocycles. The second-order valence-corrected chi connectivity index (χ2v) is 7.61. The summed E-state index contributed by atoms with van der Waals surface area (Å²) in [4.78, 5) is 36.2. The topological polar surface area (TPSA) is 130 Å². The van der Waals surface area contributed by atoms with Gasteiger partial charge < -0.3 is 24.8 Å². The van der Waals surface area contributed by atoms with Gasteiger partial charge in [-0.05, 0) is 12.8 Å². The van der Waals surface area contributed by atoms with Gasteiger partial charge in [0.05, 0.1) is 6.61 Å². The molecule has 0 heterocycles. The molecule has 8 heteroatoms. The first kappa shape index (κ1) is 28.5. The summed E-state index contributed by atoms with van der Waals surface area (Å²) in [5, 5.41) is 28.7. The molecule has 0 amide bonds. The fourth-order valence-electron chi connectivity index (χ4n) is 2.89. The fourth-order valence-corrected chi connectivity index (χ4v) is 2.89. The van der Waals surface area contributed by atoms with Crippen LogP contribution in [0.4, 0.5) is 0 Å². The third-order valence-corrected chi connectivity index (χ3v) is 4.81. The average molecular weight is 433 g/mol. The van der Waals surface area contributed by atoms with Gasteiger partial charge in [-0.15, -0.1) is 0 Å². The van der Waals surface area contributed by atoms with Crippen molar-refractivity contribution in [3.05, 3.63) is 0 Å². The van der Waals surface area contributed by atoms with Gasteiger partial charge in [0.15, 0.2) is 12.7 Å². The molecule has 0 aliphatic heterocycles. The Morgan fingerprint density at radius 2 is 1.27 bits per heavy atom. The van der Waals surface area contributed by atoms with Crippen LogP contribution < -0.4 is 0 Å². The molecule has 0 rings (SSSR count). The molecule has 0 spiro atoms. The van der Waals surface area contributed by atoms with Crippen molar-refractivity contribution in [2.24, 2.45) is 0 Å². The summed E-state index contributed by atoms with van der Waals surface area (Å²) in [6.45, 7) is 2.70. The third kappa shape index (κ3) is 13.7. The van der Waals surface area contributed by atoms with E-state index in [1.807, 2.05) is 0 Å². The summed E-state index contributed by atoms with van der Waals surface area (Å²) < 4.78 is 9.99. The van der Waals surface area contributed by atoms with Crippen molar-refractivity contribution in [2.75, 3.05) is 13.2 Å². The van der Waals surface area contributed by atoms with E-state index in [0.717, 1.165) is 51.4 Å². The highest BCUT2D eigenvalue weighted by atomic mass is 16.6.